The predicted octanol–water partition coefficient (Wildman–Crippen LogP) is 4.62. The maximum Gasteiger partial charge on any atom is 0.329 e. The molecule has 0 saturated carbocycles. The van der Waals surface area contributed by atoms with E-state index in [-0.39, 0.29) is 23.1 Å². The fraction of sp³-hybridized carbons (Fsp3) is 0.227. The Bertz CT molecular complexity index is 1150. The SMILES string of the molecule is CC(C)[C@@H](NC(=O)c1ccc(Cl)cc1Cl)C(=O)OCc1cn2ccccc2c1C#N. The van der Waals surface area contributed by atoms with E-state index in [4.69, 9.17) is 27.9 Å². The highest BCUT2D eigenvalue weighted by atomic mass is 35.5. The lowest BCUT2D eigenvalue weighted by atomic mass is 10.0. The second kappa shape index (κ2) is 9.21. The number of rotatable bonds is 6. The van der Waals surface area contributed by atoms with Gasteiger partial charge in [-0.15, -0.1) is 0 Å². The first-order valence-corrected chi connectivity index (χ1v) is 9.98. The Morgan fingerprint density at radius 3 is 2.67 bits per heavy atom. The summed E-state index contributed by atoms with van der Waals surface area (Å²) in [5.74, 6) is -1.32. The van der Waals surface area contributed by atoms with Crippen molar-refractivity contribution in [2.75, 3.05) is 0 Å². The van der Waals surface area contributed by atoms with E-state index < -0.39 is 17.9 Å². The summed E-state index contributed by atoms with van der Waals surface area (Å²) in [6.07, 6.45) is 3.56. The molecule has 2 aromatic heterocycles. The van der Waals surface area contributed by atoms with Gasteiger partial charge in [-0.05, 0) is 36.2 Å². The van der Waals surface area contributed by atoms with Crippen LogP contribution in [0.3, 0.4) is 0 Å². The average molecular weight is 444 g/mol. The summed E-state index contributed by atoms with van der Waals surface area (Å²) in [5.41, 5.74) is 1.98. The quantitative estimate of drug-likeness (QED) is 0.563. The van der Waals surface area contributed by atoms with Gasteiger partial charge in [-0.25, -0.2) is 4.79 Å². The number of hydrogen-bond donors (Lipinski definition) is 1. The first-order valence-electron chi connectivity index (χ1n) is 9.23. The highest BCUT2D eigenvalue weighted by Crippen LogP contribution is 2.22. The molecule has 0 saturated heterocycles. The molecule has 154 valence electrons. The van der Waals surface area contributed by atoms with Gasteiger partial charge < -0.3 is 14.5 Å². The third-order valence-corrected chi connectivity index (χ3v) is 5.17. The van der Waals surface area contributed by atoms with E-state index in [1.165, 1.54) is 12.1 Å². The molecule has 1 amide bonds. The highest BCUT2D eigenvalue weighted by molar-refractivity contribution is 6.36. The number of halogens is 2. The predicted molar refractivity (Wildman–Crippen MR) is 114 cm³/mol. The Labute approximate surface area is 184 Å². The molecule has 0 aliphatic carbocycles. The third kappa shape index (κ3) is 4.59. The zero-order valence-electron chi connectivity index (χ0n) is 16.4. The van der Waals surface area contributed by atoms with Gasteiger partial charge in [0.2, 0.25) is 0 Å². The number of nitrogens with zero attached hydrogens (tertiary/aromatic N) is 2. The van der Waals surface area contributed by atoms with Crippen LogP contribution in [0.15, 0.2) is 48.8 Å². The van der Waals surface area contributed by atoms with Gasteiger partial charge in [-0.3, -0.25) is 4.79 Å². The molecule has 1 aromatic carbocycles. The van der Waals surface area contributed by atoms with Gasteiger partial charge in [0.05, 0.1) is 21.7 Å². The maximum atomic E-state index is 12.7. The van der Waals surface area contributed by atoms with Gasteiger partial charge in [0.25, 0.3) is 5.91 Å². The number of ether oxygens (including phenoxy) is 1. The lowest BCUT2D eigenvalue weighted by molar-refractivity contribution is -0.148. The van der Waals surface area contributed by atoms with Crippen molar-refractivity contribution < 1.29 is 14.3 Å². The third-order valence-electron chi connectivity index (χ3n) is 4.63. The number of nitriles is 1. The van der Waals surface area contributed by atoms with E-state index >= 15 is 0 Å². The average Bonchev–Trinajstić information content (AvgIpc) is 3.07. The molecule has 8 heteroatoms. The van der Waals surface area contributed by atoms with Gasteiger partial charge in [-0.2, -0.15) is 5.26 Å². The van der Waals surface area contributed by atoms with Crippen LogP contribution in [0.2, 0.25) is 10.0 Å². The molecule has 3 aromatic rings. The largest absolute Gasteiger partial charge is 0.459 e. The molecule has 0 aliphatic heterocycles. The topological polar surface area (TPSA) is 83.6 Å². The van der Waals surface area contributed by atoms with Gasteiger partial charge in [0, 0.05) is 23.0 Å². The van der Waals surface area contributed by atoms with Crippen LogP contribution in [-0.4, -0.2) is 22.3 Å². The van der Waals surface area contributed by atoms with Gasteiger partial charge >= 0.3 is 5.97 Å². The minimum atomic E-state index is -0.883. The first kappa shape index (κ1) is 21.7. The number of fused-ring (bicyclic) bond motifs is 1. The lowest BCUT2D eigenvalue weighted by Crippen LogP contribution is -2.45. The maximum absolute atomic E-state index is 12.7. The van der Waals surface area contributed by atoms with Gasteiger partial charge in [0.1, 0.15) is 18.7 Å². The van der Waals surface area contributed by atoms with Crippen LogP contribution in [0.5, 0.6) is 0 Å². The summed E-state index contributed by atoms with van der Waals surface area (Å²) in [6.45, 7) is 3.51. The number of esters is 1. The Hall–Kier alpha value is -3.01. The monoisotopic (exact) mass is 443 g/mol. The van der Waals surface area contributed by atoms with E-state index in [0.717, 1.165) is 5.52 Å². The second-order valence-electron chi connectivity index (χ2n) is 7.06. The van der Waals surface area contributed by atoms with Crippen LogP contribution in [-0.2, 0) is 16.1 Å². The molecule has 0 spiro atoms. The summed E-state index contributed by atoms with van der Waals surface area (Å²) in [4.78, 5) is 25.3. The van der Waals surface area contributed by atoms with Crippen molar-refractivity contribution in [2.24, 2.45) is 5.92 Å². The second-order valence-corrected chi connectivity index (χ2v) is 7.90. The lowest BCUT2D eigenvalue weighted by Gasteiger charge is -2.21. The Morgan fingerprint density at radius 1 is 1.23 bits per heavy atom. The van der Waals surface area contributed by atoms with E-state index in [1.807, 2.05) is 24.4 Å². The van der Waals surface area contributed by atoms with Crippen molar-refractivity contribution in [3.63, 3.8) is 0 Å². The van der Waals surface area contributed by atoms with Crippen LogP contribution < -0.4 is 5.32 Å². The molecule has 30 heavy (non-hydrogen) atoms. The normalized spacial score (nSPS) is 11.9. The summed E-state index contributed by atoms with van der Waals surface area (Å²) in [6, 6.07) is 11.3. The number of pyridine rings is 1. The van der Waals surface area contributed by atoms with E-state index in [9.17, 15) is 14.9 Å². The van der Waals surface area contributed by atoms with Crippen molar-refractivity contribution in [3.05, 3.63) is 75.5 Å². The number of nitrogens with one attached hydrogen (secondary N) is 1. The minimum Gasteiger partial charge on any atom is -0.459 e. The Morgan fingerprint density at radius 2 is 2.00 bits per heavy atom. The zero-order valence-corrected chi connectivity index (χ0v) is 17.9. The Balaban J connectivity index is 1.73. The molecule has 0 bridgehead atoms. The minimum absolute atomic E-state index is 0.0792. The van der Waals surface area contributed by atoms with E-state index in [2.05, 4.69) is 11.4 Å². The summed E-state index contributed by atoms with van der Waals surface area (Å²) < 4.78 is 7.24. The summed E-state index contributed by atoms with van der Waals surface area (Å²) >= 11 is 12.0. The first-order chi connectivity index (χ1) is 14.3. The molecular formula is C22H19Cl2N3O3. The van der Waals surface area contributed by atoms with Crippen LogP contribution in [0.4, 0.5) is 0 Å². The zero-order chi connectivity index (χ0) is 21.8. The molecule has 0 radical (unpaired) electrons. The fourth-order valence-corrected chi connectivity index (χ4v) is 3.54. The standard InChI is InChI=1S/C22H19Cl2N3O3/c1-13(2)20(26-21(28)16-7-6-15(23)9-18(16)24)22(29)30-12-14-11-27-8-4-3-5-19(27)17(14)10-25/h3-9,11,13,20H,12H2,1-2H3,(H,26,28)/t20-/m1/s1. The van der Waals surface area contributed by atoms with Crippen LogP contribution in [0.1, 0.15) is 35.3 Å². The molecule has 3 rings (SSSR count). The molecule has 0 fully saturated rings. The molecule has 0 unspecified atom stereocenters. The molecular weight excluding hydrogens is 425 g/mol. The smallest absolute Gasteiger partial charge is 0.329 e. The van der Waals surface area contributed by atoms with Crippen molar-refractivity contribution in [3.8, 4) is 6.07 Å². The molecule has 6 nitrogen and oxygen atoms in total. The number of aromatic nitrogens is 1. The number of amides is 1. The van der Waals surface area contributed by atoms with Crippen molar-refractivity contribution in [1.82, 2.24) is 9.72 Å². The van der Waals surface area contributed by atoms with Crippen LogP contribution in [0, 0.1) is 17.2 Å². The van der Waals surface area contributed by atoms with Crippen LogP contribution in [0.25, 0.3) is 5.52 Å². The Kier molecular flexibility index (Phi) is 6.66. The molecule has 0 aliphatic rings. The summed E-state index contributed by atoms with van der Waals surface area (Å²) in [5, 5.41) is 12.7. The van der Waals surface area contributed by atoms with Crippen molar-refractivity contribution >= 4 is 40.6 Å². The highest BCUT2D eigenvalue weighted by Gasteiger charge is 2.27. The van der Waals surface area contributed by atoms with Crippen LogP contribution >= 0.6 is 23.2 Å². The number of carbonyl (C=O) groups excluding carboxylic acids is 2. The number of benzene rings is 1. The van der Waals surface area contributed by atoms with Gasteiger partial charge in [-0.1, -0.05) is 43.1 Å². The van der Waals surface area contributed by atoms with Crippen molar-refractivity contribution in [1.29, 1.82) is 5.26 Å². The number of carbonyl (C=O) groups is 2. The molecule has 2 heterocycles. The summed E-state index contributed by atoms with van der Waals surface area (Å²) in [7, 11) is 0. The fourth-order valence-electron chi connectivity index (χ4n) is 3.04. The van der Waals surface area contributed by atoms with E-state index in [1.54, 1.807) is 30.5 Å². The van der Waals surface area contributed by atoms with E-state index in [0.29, 0.717) is 16.1 Å². The molecule has 1 N–H and O–H groups in total. The molecule has 1 atom stereocenters. The van der Waals surface area contributed by atoms with Crippen molar-refractivity contribution in [2.45, 2.75) is 26.5 Å². The van der Waals surface area contributed by atoms with Gasteiger partial charge in [0.15, 0.2) is 0 Å². The number of hydrogen-bond acceptors (Lipinski definition) is 4.